The highest BCUT2D eigenvalue weighted by atomic mass is 35.5. The average molecular weight is 441 g/mol. The van der Waals surface area contributed by atoms with Crippen LogP contribution < -0.4 is 15.0 Å². The van der Waals surface area contributed by atoms with Crippen LogP contribution in [0.3, 0.4) is 0 Å². The molecule has 0 spiro atoms. The number of halogens is 1. The first-order chi connectivity index (χ1) is 15.7. The van der Waals surface area contributed by atoms with Gasteiger partial charge in [0.15, 0.2) is 0 Å². The molecule has 0 aliphatic carbocycles. The highest BCUT2D eigenvalue weighted by Crippen LogP contribution is 2.37. The number of amides is 1. The van der Waals surface area contributed by atoms with E-state index in [4.69, 9.17) is 16.3 Å². The number of para-hydroxylation sites is 2. The number of nitrogens with zero attached hydrogens (tertiary/aromatic N) is 1. The zero-order valence-corrected chi connectivity index (χ0v) is 18.0. The predicted octanol–water partition coefficient (Wildman–Crippen LogP) is 6.69. The molecular weight excluding hydrogens is 420 g/mol. The summed E-state index contributed by atoms with van der Waals surface area (Å²) >= 11 is 6.22. The molecule has 5 rings (SSSR count). The van der Waals surface area contributed by atoms with Gasteiger partial charge in [-0.05, 0) is 48.0 Å². The van der Waals surface area contributed by atoms with E-state index >= 15 is 0 Å². The van der Waals surface area contributed by atoms with Crippen molar-refractivity contribution in [3.05, 3.63) is 125 Å². The maximum absolute atomic E-state index is 13.4. The van der Waals surface area contributed by atoms with Gasteiger partial charge < -0.3 is 10.1 Å². The average Bonchev–Trinajstić information content (AvgIpc) is 2.84. The minimum atomic E-state index is -0.336. The van der Waals surface area contributed by atoms with Gasteiger partial charge in [0.05, 0.1) is 5.56 Å². The molecule has 4 aromatic carbocycles. The molecule has 0 radical (unpaired) electrons. The highest BCUT2D eigenvalue weighted by molar-refractivity contribution is 6.31. The smallest absolute Gasteiger partial charge is 0.262 e. The van der Waals surface area contributed by atoms with Gasteiger partial charge in [-0.3, -0.25) is 9.69 Å². The van der Waals surface area contributed by atoms with Crippen LogP contribution in [0.25, 0.3) is 0 Å². The third-order valence-electron chi connectivity index (χ3n) is 5.51. The number of carbonyl (C=O) groups excluding carboxylic acids is 1. The molecule has 1 atom stereocenters. The fraction of sp³-hybridized carbons (Fsp3) is 0.0741. The van der Waals surface area contributed by atoms with Gasteiger partial charge in [0, 0.05) is 22.0 Å². The minimum Gasteiger partial charge on any atom is -0.489 e. The molecule has 1 heterocycles. The summed E-state index contributed by atoms with van der Waals surface area (Å²) in [5.74, 6) is 0.706. The molecule has 32 heavy (non-hydrogen) atoms. The number of nitrogens with one attached hydrogen (secondary N) is 1. The van der Waals surface area contributed by atoms with Crippen LogP contribution in [-0.4, -0.2) is 5.91 Å². The number of anilines is 2. The van der Waals surface area contributed by atoms with E-state index in [1.165, 1.54) is 0 Å². The third-order valence-corrected chi connectivity index (χ3v) is 5.88. The molecule has 5 heteroatoms. The molecule has 0 aromatic heterocycles. The Bertz CT molecular complexity index is 1240. The monoisotopic (exact) mass is 440 g/mol. The van der Waals surface area contributed by atoms with Crippen LogP contribution in [0.5, 0.6) is 5.75 Å². The van der Waals surface area contributed by atoms with Crippen LogP contribution in [0.15, 0.2) is 103 Å². The van der Waals surface area contributed by atoms with Gasteiger partial charge in [0.2, 0.25) is 0 Å². The molecule has 0 saturated heterocycles. The van der Waals surface area contributed by atoms with E-state index in [9.17, 15) is 4.79 Å². The summed E-state index contributed by atoms with van der Waals surface area (Å²) < 4.78 is 5.92. The summed E-state index contributed by atoms with van der Waals surface area (Å²) in [5.41, 5.74) is 4.22. The third kappa shape index (κ3) is 3.93. The molecule has 0 unspecified atom stereocenters. The maximum Gasteiger partial charge on any atom is 0.262 e. The van der Waals surface area contributed by atoms with Crippen molar-refractivity contribution in [2.75, 3.05) is 10.2 Å². The molecule has 0 saturated carbocycles. The van der Waals surface area contributed by atoms with Gasteiger partial charge in [-0.25, -0.2) is 0 Å². The van der Waals surface area contributed by atoms with Gasteiger partial charge >= 0.3 is 0 Å². The van der Waals surface area contributed by atoms with Crippen LogP contribution in [0.2, 0.25) is 5.02 Å². The summed E-state index contributed by atoms with van der Waals surface area (Å²) in [5, 5.41) is 4.21. The second-order valence-corrected chi connectivity index (χ2v) is 7.96. The zero-order valence-electron chi connectivity index (χ0n) is 17.2. The highest BCUT2D eigenvalue weighted by Gasteiger charge is 2.33. The van der Waals surface area contributed by atoms with Crippen molar-refractivity contribution in [1.82, 2.24) is 0 Å². The first kappa shape index (κ1) is 20.2. The van der Waals surface area contributed by atoms with E-state index in [1.54, 1.807) is 4.90 Å². The molecule has 1 aliphatic rings. The van der Waals surface area contributed by atoms with Crippen molar-refractivity contribution in [3.63, 3.8) is 0 Å². The molecule has 0 fully saturated rings. The van der Waals surface area contributed by atoms with E-state index in [2.05, 4.69) is 5.32 Å². The van der Waals surface area contributed by atoms with Crippen LogP contribution in [0.4, 0.5) is 11.4 Å². The Balaban J connectivity index is 1.43. The lowest BCUT2D eigenvalue weighted by atomic mass is 10.0. The number of ether oxygens (including phenoxy) is 1. The van der Waals surface area contributed by atoms with Crippen molar-refractivity contribution >= 4 is 28.9 Å². The lowest BCUT2D eigenvalue weighted by Gasteiger charge is -2.38. The second kappa shape index (κ2) is 8.77. The Morgan fingerprint density at radius 2 is 1.50 bits per heavy atom. The Morgan fingerprint density at radius 3 is 2.28 bits per heavy atom. The second-order valence-electron chi connectivity index (χ2n) is 7.55. The molecule has 4 nitrogen and oxygen atoms in total. The van der Waals surface area contributed by atoms with Crippen molar-refractivity contribution in [1.29, 1.82) is 0 Å². The fourth-order valence-electron chi connectivity index (χ4n) is 3.86. The summed E-state index contributed by atoms with van der Waals surface area (Å²) in [4.78, 5) is 15.2. The number of benzene rings is 4. The molecule has 158 valence electrons. The van der Waals surface area contributed by atoms with Crippen molar-refractivity contribution < 1.29 is 9.53 Å². The van der Waals surface area contributed by atoms with Gasteiger partial charge in [0.25, 0.3) is 5.91 Å². The van der Waals surface area contributed by atoms with Crippen LogP contribution in [0.1, 0.15) is 27.7 Å². The van der Waals surface area contributed by atoms with Gasteiger partial charge in [-0.1, -0.05) is 72.3 Å². The molecule has 0 bridgehead atoms. The molecule has 4 aromatic rings. The quantitative estimate of drug-likeness (QED) is 0.376. The summed E-state index contributed by atoms with van der Waals surface area (Å²) in [7, 11) is 0. The normalized spacial score (nSPS) is 15.1. The Kier molecular flexibility index (Phi) is 5.53. The number of rotatable bonds is 5. The number of hydrogen-bond donors (Lipinski definition) is 1. The Hall–Kier alpha value is -3.76. The first-order valence-corrected chi connectivity index (χ1v) is 10.8. The summed E-state index contributed by atoms with van der Waals surface area (Å²) in [6, 6.07) is 32.7. The van der Waals surface area contributed by atoms with Crippen molar-refractivity contribution in [2.45, 2.75) is 12.8 Å². The van der Waals surface area contributed by atoms with Gasteiger partial charge in [-0.2, -0.15) is 0 Å². The molecule has 1 aliphatic heterocycles. The van der Waals surface area contributed by atoms with Gasteiger partial charge in [0.1, 0.15) is 18.5 Å². The van der Waals surface area contributed by atoms with Crippen molar-refractivity contribution in [2.24, 2.45) is 0 Å². The number of carbonyl (C=O) groups is 1. The molecule has 1 amide bonds. The SMILES string of the molecule is O=C1c2ccccc2N[C@@H](c2ccc(OCc3ccccc3Cl)cc2)N1c1ccccc1. The zero-order chi connectivity index (χ0) is 21.9. The lowest BCUT2D eigenvalue weighted by molar-refractivity contribution is 0.0975. The Labute approximate surface area is 192 Å². The van der Waals surface area contributed by atoms with Crippen LogP contribution in [-0.2, 0) is 6.61 Å². The predicted molar refractivity (Wildman–Crippen MR) is 128 cm³/mol. The fourth-order valence-corrected chi connectivity index (χ4v) is 4.05. The van der Waals surface area contributed by atoms with E-state index < -0.39 is 0 Å². The summed E-state index contributed by atoms with van der Waals surface area (Å²) in [6.45, 7) is 0.392. The number of fused-ring (bicyclic) bond motifs is 1. The van der Waals surface area contributed by atoms with Crippen molar-refractivity contribution in [3.8, 4) is 5.75 Å². The van der Waals surface area contributed by atoms with E-state index in [0.29, 0.717) is 17.2 Å². The van der Waals surface area contributed by atoms with E-state index in [0.717, 1.165) is 28.3 Å². The topological polar surface area (TPSA) is 41.6 Å². The van der Waals surface area contributed by atoms with E-state index in [1.807, 2.05) is 103 Å². The van der Waals surface area contributed by atoms with Gasteiger partial charge in [-0.15, -0.1) is 0 Å². The van der Waals surface area contributed by atoms with Crippen LogP contribution in [0, 0.1) is 0 Å². The minimum absolute atomic E-state index is 0.0328. The van der Waals surface area contributed by atoms with E-state index in [-0.39, 0.29) is 12.1 Å². The standard InChI is InChI=1S/C27H21ClN2O2/c28-24-12-6-4-8-20(24)18-32-22-16-14-19(15-17-22)26-29-25-13-7-5-11-23(25)27(31)30(26)21-9-2-1-3-10-21/h1-17,26,29H,18H2/t26-/m1/s1. The number of hydrogen-bond acceptors (Lipinski definition) is 3. The van der Waals surface area contributed by atoms with Crippen LogP contribution >= 0.6 is 11.6 Å². The Morgan fingerprint density at radius 1 is 0.812 bits per heavy atom. The lowest BCUT2D eigenvalue weighted by Crippen LogP contribution is -2.43. The first-order valence-electron chi connectivity index (χ1n) is 10.4. The summed E-state index contributed by atoms with van der Waals surface area (Å²) in [6.07, 6.45) is -0.336. The molecular formula is C27H21ClN2O2. The largest absolute Gasteiger partial charge is 0.489 e. The maximum atomic E-state index is 13.4. The molecule has 1 N–H and O–H groups in total.